The Morgan fingerprint density at radius 3 is 2.11 bits per heavy atom. The highest BCUT2D eigenvalue weighted by Crippen LogP contribution is 2.20. The van der Waals surface area contributed by atoms with Gasteiger partial charge in [0.25, 0.3) is 15.9 Å². The molecule has 144 valence electrons. The second-order valence-corrected chi connectivity index (χ2v) is 7.47. The molecule has 8 heteroatoms. The van der Waals surface area contributed by atoms with Gasteiger partial charge in [-0.1, -0.05) is 47.3 Å². The minimum absolute atomic E-state index is 0.175. The third kappa shape index (κ3) is 5.23. The van der Waals surface area contributed by atoms with Gasteiger partial charge in [0.05, 0.1) is 4.90 Å². The zero-order valence-electron chi connectivity index (χ0n) is 14.6. The molecule has 2 N–H and O–H groups in total. The quantitative estimate of drug-likeness (QED) is 0.596. The molecule has 3 aromatic rings. The third-order valence-corrected chi connectivity index (χ3v) is 5.00. The Morgan fingerprint density at radius 2 is 1.46 bits per heavy atom. The Hall–Kier alpha value is -3.07. The summed E-state index contributed by atoms with van der Waals surface area (Å²) in [4.78, 5) is 18.3. The SMILES string of the molecule is O=C(CONS(=O)(=O)c1ccc(F)cc1)Nc1ccc(-c2ccccc2)cc1. The minimum Gasteiger partial charge on any atom is -0.324 e. The number of carbonyl (C=O) groups excluding carboxylic acids is 1. The number of nitrogens with one attached hydrogen (secondary N) is 2. The first kappa shape index (κ1) is 19.7. The number of benzene rings is 3. The molecule has 0 aliphatic heterocycles. The molecule has 1 amide bonds. The summed E-state index contributed by atoms with van der Waals surface area (Å²) in [6.45, 7) is -0.527. The van der Waals surface area contributed by atoms with Crippen LogP contribution in [0.25, 0.3) is 11.1 Å². The van der Waals surface area contributed by atoms with E-state index < -0.39 is 28.4 Å². The van der Waals surface area contributed by atoms with Crippen LogP contribution in [-0.4, -0.2) is 20.9 Å². The van der Waals surface area contributed by atoms with Crippen molar-refractivity contribution in [2.24, 2.45) is 0 Å². The summed E-state index contributed by atoms with van der Waals surface area (Å²) >= 11 is 0. The van der Waals surface area contributed by atoms with Crippen molar-refractivity contribution in [3.05, 3.63) is 84.7 Å². The van der Waals surface area contributed by atoms with Crippen molar-refractivity contribution >= 4 is 21.6 Å². The van der Waals surface area contributed by atoms with E-state index in [-0.39, 0.29) is 4.90 Å². The zero-order chi connectivity index (χ0) is 20.0. The Labute approximate surface area is 162 Å². The number of sulfonamides is 1. The van der Waals surface area contributed by atoms with Crippen molar-refractivity contribution in [2.75, 3.05) is 11.9 Å². The highest BCUT2D eigenvalue weighted by molar-refractivity contribution is 7.89. The van der Waals surface area contributed by atoms with Crippen molar-refractivity contribution in [1.29, 1.82) is 0 Å². The van der Waals surface area contributed by atoms with Gasteiger partial charge in [-0.15, -0.1) is 0 Å². The van der Waals surface area contributed by atoms with Crippen LogP contribution in [0.1, 0.15) is 0 Å². The van der Waals surface area contributed by atoms with Crippen LogP contribution in [0.15, 0.2) is 83.8 Å². The molecule has 6 nitrogen and oxygen atoms in total. The van der Waals surface area contributed by atoms with Crippen molar-refractivity contribution in [2.45, 2.75) is 4.90 Å². The standard InChI is InChI=1S/C20H17FN2O4S/c21-17-8-12-19(13-9-17)28(25,26)23-27-14-20(24)22-18-10-6-16(7-11-18)15-4-2-1-3-5-15/h1-13,23H,14H2,(H,22,24). The van der Waals surface area contributed by atoms with E-state index in [4.69, 9.17) is 4.84 Å². The maximum absolute atomic E-state index is 12.9. The summed E-state index contributed by atoms with van der Waals surface area (Å²) < 4.78 is 36.8. The summed E-state index contributed by atoms with van der Waals surface area (Å²) in [5.41, 5.74) is 2.61. The first-order chi connectivity index (χ1) is 13.4. The van der Waals surface area contributed by atoms with Crippen LogP contribution in [0.3, 0.4) is 0 Å². The van der Waals surface area contributed by atoms with E-state index in [0.29, 0.717) is 5.69 Å². The first-order valence-electron chi connectivity index (χ1n) is 8.28. The molecule has 0 aliphatic carbocycles. The molecule has 0 heterocycles. The zero-order valence-corrected chi connectivity index (χ0v) is 15.4. The van der Waals surface area contributed by atoms with Crippen LogP contribution < -0.4 is 10.2 Å². The lowest BCUT2D eigenvalue weighted by molar-refractivity contribution is -0.121. The molecule has 0 atom stereocenters. The minimum atomic E-state index is -4.00. The summed E-state index contributed by atoms with van der Waals surface area (Å²) in [5.74, 6) is -1.09. The van der Waals surface area contributed by atoms with Gasteiger partial charge in [0, 0.05) is 5.69 Å². The lowest BCUT2D eigenvalue weighted by atomic mass is 10.1. The highest BCUT2D eigenvalue weighted by atomic mass is 32.2. The third-order valence-electron chi connectivity index (χ3n) is 3.77. The van der Waals surface area contributed by atoms with E-state index in [1.807, 2.05) is 47.3 Å². The molecule has 0 aliphatic rings. The van der Waals surface area contributed by atoms with Gasteiger partial charge in [-0.3, -0.25) is 9.63 Å². The normalized spacial score (nSPS) is 11.2. The van der Waals surface area contributed by atoms with E-state index in [1.165, 1.54) is 0 Å². The van der Waals surface area contributed by atoms with Gasteiger partial charge in [0.2, 0.25) is 0 Å². The lowest BCUT2D eigenvalue weighted by Gasteiger charge is -2.09. The Morgan fingerprint density at radius 1 is 0.857 bits per heavy atom. The van der Waals surface area contributed by atoms with E-state index in [9.17, 15) is 17.6 Å². The Balaban J connectivity index is 1.51. The topological polar surface area (TPSA) is 84.5 Å². The smallest absolute Gasteiger partial charge is 0.262 e. The summed E-state index contributed by atoms with van der Waals surface area (Å²) in [7, 11) is -4.00. The van der Waals surface area contributed by atoms with Crippen LogP contribution in [0.4, 0.5) is 10.1 Å². The van der Waals surface area contributed by atoms with E-state index in [1.54, 1.807) is 12.1 Å². The molecule has 0 saturated carbocycles. The summed E-state index contributed by atoms with van der Waals surface area (Å²) in [6, 6.07) is 21.2. The van der Waals surface area contributed by atoms with Crippen molar-refractivity contribution in [1.82, 2.24) is 4.89 Å². The van der Waals surface area contributed by atoms with E-state index in [2.05, 4.69) is 5.32 Å². The molecule has 3 rings (SSSR count). The van der Waals surface area contributed by atoms with E-state index in [0.717, 1.165) is 35.4 Å². The number of amides is 1. The number of halogens is 1. The van der Waals surface area contributed by atoms with Crippen molar-refractivity contribution < 1.29 is 22.4 Å². The highest BCUT2D eigenvalue weighted by Gasteiger charge is 2.15. The Bertz CT molecular complexity index is 1040. The fourth-order valence-electron chi connectivity index (χ4n) is 2.41. The van der Waals surface area contributed by atoms with Gasteiger partial charge in [-0.25, -0.2) is 12.8 Å². The maximum Gasteiger partial charge on any atom is 0.262 e. The van der Waals surface area contributed by atoms with Crippen LogP contribution in [0.2, 0.25) is 0 Å². The maximum atomic E-state index is 12.9. The van der Waals surface area contributed by atoms with Crippen LogP contribution >= 0.6 is 0 Å². The van der Waals surface area contributed by atoms with Gasteiger partial charge in [-0.2, -0.15) is 0 Å². The van der Waals surface area contributed by atoms with Crippen molar-refractivity contribution in [3.8, 4) is 11.1 Å². The van der Waals surface area contributed by atoms with Crippen LogP contribution in [-0.2, 0) is 19.7 Å². The molecule has 28 heavy (non-hydrogen) atoms. The van der Waals surface area contributed by atoms with Gasteiger partial charge in [-0.05, 0) is 47.5 Å². The number of hydrogen-bond donors (Lipinski definition) is 2. The largest absolute Gasteiger partial charge is 0.324 e. The Kier molecular flexibility index (Phi) is 6.15. The predicted molar refractivity (Wildman–Crippen MR) is 103 cm³/mol. The fourth-order valence-corrected chi connectivity index (χ4v) is 3.21. The molecule has 0 radical (unpaired) electrons. The van der Waals surface area contributed by atoms with Gasteiger partial charge in [0.15, 0.2) is 0 Å². The average molecular weight is 400 g/mol. The predicted octanol–water partition coefficient (Wildman–Crippen LogP) is 3.34. The van der Waals surface area contributed by atoms with Crippen molar-refractivity contribution in [3.63, 3.8) is 0 Å². The number of carbonyl (C=O) groups is 1. The summed E-state index contributed by atoms with van der Waals surface area (Å²) in [6.07, 6.45) is 0. The van der Waals surface area contributed by atoms with Gasteiger partial charge >= 0.3 is 0 Å². The molecule has 0 unspecified atom stereocenters. The molecule has 0 fully saturated rings. The lowest BCUT2D eigenvalue weighted by Crippen LogP contribution is -2.29. The van der Waals surface area contributed by atoms with Crippen LogP contribution in [0.5, 0.6) is 0 Å². The molecule has 0 bridgehead atoms. The second kappa shape index (κ2) is 8.75. The molecule has 0 spiro atoms. The van der Waals surface area contributed by atoms with Gasteiger partial charge < -0.3 is 5.32 Å². The molecule has 0 aromatic heterocycles. The monoisotopic (exact) mass is 400 g/mol. The van der Waals surface area contributed by atoms with Crippen LogP contribution in [0, 0.1) is 5.82 Å². The fraction of sp³-hybridized carbons (Fsp3) is 0.0500. The summed E-state index contributed by atoms with van der Waals surface area (Å²) in [5, 5.41) is 2.61. The number of anilines is 1. The molecule has 0 saturated heterocycles. The molecular formula is C20H17FN2O4S. The first-order valence-corrected chi connectivity index (χ1v) is 9.77. The number of hydrogen-bond acceptors (Lipinski definition) is 4. The molecular weight excluding hydrogens is 383 g/mol. The second-order valence-electron chi connectivity index (χ2n) is 5.82. The van der Waals surface area contributed by atoms with Gasteiger partial charge in [0.1, 0.15) is 12.4 Å². The molecule has 3 aromatic carbocycles. The van der Waals surface area contributed by atoms with E-state index >= 15 is 0 Å². The average Bonchev–Trinajstić information content (AvgIpc) is 2.69. The number of rotatable bonds is 7.